The van der Waals surface area contributed by atoms with E-state index in [2.05, 4.69) is 5.32 Å². The smallest absolute Gasteiger partial charge is 0.318 e. The van der Waals surface area contributed by atoms with Crippen molar-refractivity contribution in [3.05, 3.63) is 59.2 Å². The van der Waals surface area contributed by atoms with Crippen molar-refractivity contribution in [2.24, 2.45) is 0 Å². The molecule has 0 bridgehead atoms. The molecule has 0 radical (unpaired) electrons. The quantitative estimate of drug-likeness (QED) is 0.817. The van der Waals surface area contributed by atoms with Crippen LogP contribution in [0, 0.1) is 13.8 Å². The second kappa shape index (κ2) is 6.74. The Morgan fingerprint density at radius 1 is 0.875 bits per heavy atom. The van der Waals surface area contributed by atoms with Crippen LogP contribution in [0.2, 0.25) is 0 Å². The lowest BCUT2D eigenvalue weighted by atomic mass is 10.1. The zero-order valence-electron chi connectivity index (χ0n) is 13.0. The lowest BCUT2D eigenvalue weighted by molar-refractivity contribution is -0.137. The number of alkyl halides is 3. The summed E-state index contributed by atoms with van der Waals surface area (Å²) in [6, 6.07) is 9.74. The molecule has 0 aromatic heterocycles. The largest absolute Gasteiger partial charge is 0.418 e. The van der Waals surface area contributed by atoms with Gasteiger partial charge in [0.1, 0.15) is 0 Å². The van der Waals surface area contributed by atoms with Gasteiger partial charge in [0.2, 0.25) is 0 Å². The molecule has 4 nitrogen and oxygen atoms in total. The number of nitrogens with one attached hydrogen (secondary N) is 2. The molecule has 0 heterocycles. The maximum Gasteiger partial charge on any atom is 0.418 e. The summed E-state index contributed by atoms with van der Waals surface area (Å²) in [5.74, 6) is -2.21. The average Bonchev–Trinajstić information content (AvgIpc) is 2.50. The van der Waals surface area contributed by atoms with E-state index >= 15 is 0 Å². The van der Waals surface area contributed by atoms with Gasteiger partial charge in [-0.1, -0.05) is 24.3 Å². The Hall–Kier alpha value is -2.83. The highest BCUT2D eigenvalue weighted by atomic mass is 19.4. The van der Waals surface area contributed by atoms with Gasteiger partial charge in [-0.15, -0.1) is 0 Å². The average molecular weight is 336 g/mol. The van der Waals surface area contributed by atoms with Crippen LogP contribution in [0.1, 0.15) is 16.7 Å². The van der Waals surface area contributed by atoms with Gasteiger partial charge in [0.25, 0.3) is 0 Å². The number of aryl methyl sites for hydroxylation is 2. The van der Waals surface area contributed by atoms with E-state index in [1.807, 2.05) is 18.3 Å². The lowest BCUT2D eigenvalue weighted by Crippen LogP contribution is -2.30. The summed E-state index contributed by atoms with van der Waals surface area (Å²) in [5.41, 5.74) is 0.555. The van der Waals surface area contributed by atoms with Crippen molar-refractivity contribution in [1.82, 2.24) is 0 Å². The van der Waals surface area contributed by atoms with Gasteiger partial charge >= 0.3 is 18.0 Å². The number of carbonyl (C=O) groups excluding carboxylic acids is 2. The lowest BCUT2D eigenvalue weighted by Gasteiger charge is -2.14. The molecule has 24 heavy (non-hydrogen) atoms. The fourth-order valence-corrected chi connectivity index (χ4v) is 2.07. The summed E-state index contributed by atoms with van der Waals surface area (Å²) in [4.78, 5) is 23.8. The van der Waals surface area contributed by atoms with Crippen LogP contribution >= 0.6 is 0 Å². The minimum absolute atomic E-state index is 0.430. The Balaban J connectivity index is 2.16. The maximum atomic E-state index is 12.9. The van der Waals surface area contributed by atoms with Crippen LogP contribution < -0.4 is 10.6 Å². The first kappa shape index (κ1) is 17.5. The van der Waals surface area contributed by atoms with E-state index in [1.165, 1.54) is 12.1 Å². The van der Waals surface area contributed by atoms with Gasteiger partial charge in [-0.25, -0.2) is 0 Å². The Bertz CT molecular complexity index is 786. The first-order chi connectivity index (χ1) is 11.2. The van der Waals surface area contributed by atoms with E-state index in [0.717, 1.165) is 23.3 Å². The van der Waals surface area contributed by atoms with Gasteiger partial charge in [-0.2, -0.15) is 13.2 Å². The summed E-state index contributed by atoms with van der Waals surface area (Å²) in [7, 11) is 0. The van der Waals surface area contributed by atoms with Crippen molar-refractivity contribution in [3.63, 3.8) is 0 Å². The van der Waals surface area contributed by atoms with Gasteiger partial charge in [-0.05, 0) is 43.2 Å². The van der Waals surface area contributed by atoms with Gasteiger partial charge in [0.05, 0.1) is 11.3 Å². The molecule has 0 aliphatic rings. The summed E-state index contributed by atoms with van der Waals surface area (Å²) < 4.78 is 38.7. The van der Waals surface area contributed by atoms with Crippen LogP contribution in [-0.2, 0) is 15.8 Å². The number of para-hydroxylation sites is 1. The fourth-order valence-electron chi connectivity index (χ4n) is 2.07. The minimum atomic E-state index is -4.63. The first-order valence-electron chi connectivity index (χ1n) is 7.04. The van der Waals surface area contributed by atoms with Crippen molar-refractivity contribution in [3.8, 4) is 0 Å². The third-order valence-corrected chi connectivity index (χ3v) is 3.33. The number of hydrogen-bond acceptors (Lipinski definition) is 2. The molecular weight excluding hydrogens is 321 g/mol. The monoisotopic (exact) mass is 336 g/mol. The predicted octanol–water partition coefficient (Wildman–Crippen LogP) is 3.90. The van der Waals surface area contributed by atoms with Crippen molar-refractivity contribution in [2.45, 2.75) is 20.0 Å². The van der Waals surface area contributed by atoms with E-state index in [-0.39, 0.29) is 0 Å². The van der Waals surface area contributed by atoms with Crippen molar-refractivity contribution < 1.29 is 22.8 Å². The highest BCUT2D eigenvalue weighted by Crippen LogP contribution is 2.34. The van der Waals surface area contributed by atoms with Gasteiger partial charge < -0.3 is 10.6 Å². The molecule has 2 amide bonds. The molecule has 0 aliphatic heterocycles. The molecular formula is C17H15F3N2O2. The molecule has 2 N–H and O–H groups in total. The van der Waals surface area contributed by atoms with Crippen LogP contribution in [-0.4, -0.2) is 11.8 Å². The number of benzene rings is 2. The van der Waals surface area contributed by atoms with Gasteiger partial charge in [0.15, 0.2) is 0 Å². The van der Waals surface area contributed by atoms with E-state index in [9.17, 15) is 22.8 Å². The molecule has 0 aliphatic carbocycles. The number of carbonyl (C=O) groups is 2. The zero-order valence-corrected chi connectivity index (χ0v) is 13.0. The summed E-state index contributed by atoms with van der Waals surface area (Å²) >= 11 is 0. The van der Waals surface area contributed by atoms with Gasteiger partial charge in [0, 0.05) is 5.69 Å². The highest BCUT2D eigenvalue weighted by molar-refractivity contribution is 6.43. The topological polar surface area (TPSA) is 58.2 Å². The third-order valence-electron chi connectivity index (χ3n) is 3.33. The normalized spacial score (nSPS) is 11.0. The molecule has 0 spiro atoms. The summed E-state index contributed by atoms with van der Waals surface area (Å²) in [6.07, 6.45) is -4.63. The molecule has 126 valence electrons. The molecule has 2 aromatic rings. The fraction of sp³-hybridized carbons (Fsp3) is 0.176. The van der Waals surface area contributed by atoms with E-state index in [1.54, 1.807) is 19.1 Å². The van der Waals surface area contributed by atoms with Crippen molar-refractivity contribution in [2.75, 3.05) is 10.6 Å². The number of rotatable bonds is 2. The zero-order chi connectivity index (χ0) is 17.9. The van der Waals surface area contributed by atoms with E-state index in [4.69, 9.17) is 0 Å². The van der Waals surface area contributed by atoms with Crippen LogP contribution in [0.25, 0.3) is 0 Å². The Morgan fingerprint density at radius 2 is 1.46 bits per heavy atom. The Labute approximate surface area is 136 Å². The standard InChI is InChI=1S/C17H15F3N2O2/c1-10-7-8-11(2)14(9-10)22-16(24)15(23)21-13-6-4-3-5-12(13)17(18,19)20/h3-9H,1-2H3,(H,21,23)(H,22,24). The molecule has 2 rings (SSSR count). The predicted molar refractivity (Wildman–Crippen MR) is 84.6 cm³/mol. The molecule has 0 fully saturated rings. The SMILES string of the molecule is Cc1ccc(C)c(NC(=O)C(=O)Nc2ccccc2C(F)(F)F)c1. The second-order valence-corrected chi connectivity index (χ2v) is 5.27. The van der Waals surface area contributed by atoms with Crippen molar-refractivity contribution in [1.29, 1.82) is 0 Å². The molecule has 0 unspecified atom stereocenters. The molecule has 0 saturated heterocycles. The third kappa shape index (κ3) is 4.13. The van der Waals surface area contributed by atoms with Crippen LogP contribution in [0.5, 0.6) is 0 Å². The number of hydrogen-bond donors (Lipinski definition) is 2. The highest BCUT2D eigenvalue weighted by Gasteiger charge is 2.34. The number of amides is 2. The first-order valence-corrected chi connectivity index (χ1v) is 7.04. The minimum Gasteiger partial charge on any atom is -0.318 e. The Kier molecular flexibility index (Phi) is 4.92. The Morgan fingerprint density at radius 3 is 2.08 bits per heavy atom. The van der Waals surface area contributed by atoms with E-state index < -0.39 is 29.2 Å². The number of anilines is 2. The summed E-state index contributed by atoms with van der Waals surface area (Å²) in [5, 5.41) is 4.40. The van der Waals surface area contributed by atoms with E-state index in [0.29, 0.717) is 5.69 Å². The maximum absolute atomic E-state index is 12.9. The van der Waals surface area contributed by atoms with Crippen molar-refractivity contribution >= 4 is 23.2 Å². The second-order valence-electron chi connectivity index (χ2n) is 5.27. The van der Waals surface area contributed by atoms with Crippen LogP contribution in [0.15, 0.2) is 42.5 Å². The molecule has 0 atom stereocenters. The summed E-state index contributed by atoms with van der Waals surface area (Å²) in [6.45, 7) is 3.56. The molecule has 2 aromatic carbocycles. The molecule has 0 saturated carbocycles. The van der Waals surface area contributed by atoms with Crippen LogP contribution in [0.3, 0.4) is 0 Å². The van der Waals surface area contributed by atoms with Gasteiger partial charge in [-0.3, -0.25) is 9.59 Å². The molecule has 7 heteroatoms. The van der Waals surface area contributed by atoms with Crippen LogP contribution in [0.4, 0.5) is 24.5 Å². The number of halogens is 3.